The summed E-state index contributed by atoms with van der Waals surface area (Å²) in [7, 11) is 1.88. The van der Waals surface area contributed by atoms with Gasteiger partial charge in [0.1, 0.15) is 10.7 Å². The number of hydrogen-bond donors (Lipinski definition) is 1. The van der Waals surface area contributed by atoms with Crippen LogP contribution in [0, 0.1) is 0 Å². The van der Waals surface area contributed by atoms with E-state index in [4.69, 9.17) is 5.73 Å². The molecular weight excluding hydrogens is 208 g/mol. The minimum atomic E-state index is 0.449. The second-order valence-electron chi connectivity index (χ2n) is 3.80. The molecule has 2 N–H and O–H groups in total. The summed E-state index contributed by atoms with van der Waals surface area (Å²) in [4.78, 5) is 4.55. The van der Waals surface area contributed by atoms with Crippen molar-refractivity contribution in [1.29, 1.82) is 0 Å². The summed E-state index contributed by atoms with van der Waals surface area (Å²) in [6.07, 6.45) is 1.66. The first kappa shape index (κ1) is 10.2. The smallest absolute Gasteiger partial charge is 0.143 e. The van der Waals surface area contributed by atoms with Crippen LogP contribution in [0.1, 0.15) is 25.5 Å². The molecule has 0 aliphatic rings. The molecule has 0 aliphatic heterocycles. The summed E-state index contributed by atoms with van der Waals surface area (Å²) in [5.41, 5.74) is 8.54. The second-order valence-corrected chi connectivity index (χ2v) is 4.66. The van der Waals surface area contributed by atoms with Crippen molar-refractivity contribution in [2.75, 3.05) is 5.73 Å². The van der Waals surface area contributed by atoms with Crippen molar-refractivity contribution in [2.24, 2.45) is 7.05 Å². The number of nitrogen functional groups attached to an aromatic ring is 1. The van der Waals surface area contributed by atoms with Crippen molar-refractivity contribution in [2.45, 2.75) is 19.8 Å². The summed E-state index contributed by atoms with van der Waals surface area (Å²) < 4.78 is 1.76. The lowest BCUT2D eigenvalue weighted by Crippen LogP contribution is -1.96. The first-order valence-corrected chi connectivity index (χ1v) is 5.71. The molecule has 2 aromatic heterocycles. The fraction of sp³-hybridized carbons (Fsp3) is 0.400. The number of anilines is 1. The number of aromatic nitrogens is 3. The van der Waals surface area contributed by atoms with Gasteiger partial charge < -0.3 is 5.73 Å². The topological polar surface area (TPSA) is 56.7 Å². The van der Waals surface area contributed by atoms with E-state index in [2.05, 4.69) is 29.3 Å². The highest BCUT2D eigenvalue weighted by atomic mass is 32.1. The Morgan fingerprint density at radius 3 is 2.67 bits per heavy atom. The molecule has 4 nitrogen and oxygen atoms in total. The minimum Gasteiger partial charge on any atom is -0.396 e. The average molecular weight is 222 g/mol. The van der Waals surface area contributed by atoms with Gasteiger partial charge in [0.15, 0.2) is 0 Å². The maximum atomic E-state index is 5.84. The molecule has 15 heavy (non-hydrogen) atoms. The summed E-state index contributed by atoms with van der Waals surface area (Å²) in [5, 5.41) is 7.12. The Labute approximate surface area is 92.8 Å². The summed E-state index contributed by atoms with van der Waals surface area (Å²) >= 11 is 1.61. The predicted molar refractivity (Wildman–Crippen MR) is 62.8 cm³/mol. The monoisotopic (exact) mass is 222 g/mol. The van der Waals surface area contributed by atoms with Crippen molar-refractivity contribution >= 4 is 17.0 Å². The fourth-order valence-electron chi connectivity index (χ4n) is 1.38. The van der Waals surface area contributed by atoms with E-state index in [-0.39, 0.29) is 0 Å². The van der Waals surface area contributed by atoms with Crippen LogP contribution >= 0.6 is 11.3 Å². The van der Waals surface area contributed by atoms with E-state index in [1.807, 2.05) is 7.05 Å². The van der Waals surface area contributed by atoms with Crippen LogP contribution in [0.15, 0.2) is 11.6 Å². The van der Waals surface area contributed by atoms with Gasteiger partial charge >= 0.3 is 0 Å². The Hall–Kier alpha value is -1.36. The number of nitrogens with two attached hydrogens (primary N) is 1. The van der Waals surface area contributed by atoms with Gasteiger partial charge in [-0.05, 0) is 5.92 Å². The molecule has 0 saturated carbocycles. The Morgan fingerprint density at radius 2 is 2.20 bits per heavy atom. The Kier molecular flexibility index (Phi) is 2.48. The molecule has 0 radical (unpaired) electrons. The maximum absolute atomic E-state index is 5.84. The molecule has 5 heteroatoms. The zero-order valence-corrected chi connectivity index (χ0v) is 9.88. The third kappa shape index (κ3) is 1.74. The second kappa shape index (κ2) is 3.66. The highest BCUT2D eigenvalue weighted by molar-refractivity contribution is 7.13. The molecule has 0 unspecified atom stereocenters. The highest BCUT2D eigenvalue weighted by Crippen LogP contribution is 2.29. The summed E-state index contributed by atoms with van der Waals surface area (Å²) in [5.74, 6) is 0.449. The van der Waals surface area contributed by atoms with Crippen molar-refractivity contribution < 1.29 is 0 Å². The van der Waals surface area contributed by atoms with Crippen molar-refractivity contribution in [3.05, 3.63) is 17.3 Å². The summed E-state index contributed by atoms with van der Waals surface area (Å²) in [6.45, 7) is 4.26. The zero-order chi connectivity index (χ0) is 11.0. The normalized spacial score (nSPS) is 11.2. The van der Waals surface area contributed by atoms with E-state index in [1.54, 1.807) is 22.2 Å². The Bertz CT molecular complexity index is 450. The molecule has 0 aliphatic carbocycles. The van der Waals surface area contributed by atoms with Crippen molar-refractivity contribution in [1.82, 2.24) is 14.8 Å². The van der Waals surface area contributed by atoms with Crippen LogP contribution in [0.4, 0.5) is 5.69 Å². The van der Waals surface area contributed by atoms with E-state index in [0.29, 0.717) is 11.6 Å². The molecule has 0 spiro atoms. The number of aryl methyl sites for hydroxylation is 1. The van der Waals surface area contributed by atoms with Gasteiger partial charge in [-0.25, -0.2) is 4.98 Å². The SMILES string of the molecule is CC(C)c1csc(-c2c(N)cnn2C)n1. The van der Waals surface area contributed by atoms with Gasteiger partial charge in [-0.15, -0.1) is 11.3 Å². The minimum absolute atomic E-state index is 0.449. The lowest BCUT2D eigenvalue weighted by molar-refractivity contribution is 0.772. The maximum Gasteiger partial charge on any atom is 0.143 e. The van der Waals surface area contributed by atoms with Gasteiger partial charge in [0.2, 0.25) is 0 Å². The highest BCUT2D eigenvalue weighted by Gasteiger charge is 2.13. The predicted octanol–water partition coefficient (Wildman–Crippen LogP) is 2.25. The lowest BCUT2D eigenvalue weighted by Gasteiger charge is -1.99. The van der Waals surface area contributed by atoms with E-state index in [0.717, 1.165) is 16.4 Å². The number of nitrogens with zero attached hydrogens (tertiary/aromatic N) is 3. The molecular formula is C10H14N4S. The summed E-state index contributed by atoms with van der Waals surface area (Å²) in [6, 6.07) is 0. The molecule has 0 aromatic carbocycles. The molecule has 0 amide bonds. The largest absolute Gasteiger partial charge is 0.396 e. The zero-order valence-electron chi connectivity index (χ0n) is 9.06. The van der Waals surface area contributed by atoms with Crippen LogP contribution in [-0.4, -0.2) is 14.8 Å². The third-order valence-electron chi connectivity index (χ3n) is 2.28. The van der Waals surface area contributed by atoms with Crippen molar-refractivity contribution in [3.63, 3.8) is 0 Å². The van der Waals surface area contributed by atoms with Gasteiger partial charge in [0.25, 0.3) is 0 Å². The van der Waals surface area contributed by atoms with E-state index in [9.17, 15) is 0 Å². The Morgan fingerprint density at radius 1 is 1.47 bits per heavy atom. The van der Waals surface area contributed by atoms with E-state index >= 15 is 0 Å². The van der Waals surface area contributed by atoms with E-state index < -0.39 is 0 Å². The van der Waals surface area contributed by atoms with Gasteiger partial charge in [0.05, 0.1) is 17.6 Å². The molecule has 80 valence electrons. The van der Waals surface area contributed by atoms with Gasteiger partial charge in [0, 0.05) is 12.4 Å². The Balaban J connectivity index is 2.46. The van der Waals surface area contributed by atoms with Crippen LogP contribution in [0.25, 0.3) is 10.7 Å². The molecule has 2 heterocycles. The lowest BCUT2D eigenvalue weighted by atomic mass is 10.2. The molecule has 2 rings (SSSR count). The van der Waals surface area contributed by atoms with Crippen LogP contribution in [-0.2, 0) is 7.05 Å². The van der Waals surface area contributed by atoms with Crippen LogP contribution in [0.3, 0.4) is 0 Å². The van der Waals surface area contributed by atoms with Crippen LogP contribution in [0.2, 0.25) is 0 Å². The number of rotatable bonds is 2. The molecule has 0 fully saturated rings. The van der Waals surface area contributed by atoms with Gasteiger partial charge in [-0.1, -0.05) is 13.8 Å². The van der Waals surface area contributed by atoms with Gasteiger partial charge in [-0.2, -0.15) is 5.10 Å². The number of hydrogen-bond acceptors (Lipinski definition) is 4. The molecule has 0 saturated heterocycles. The third-order valence-corrected chi connectivity index (χ3v) is 3.15. The van der Waals surface area contributed by atoms with Crippen LogP contribution < -0.4 is 5.73 Å². The first-order valence-electron chi connectivity index (χ1n) is 4.83. The molecule has 0 atom stereocenters. The fourth-order valence-corrected chi connectivity index (χ4v) is 2.45. The average Bonchev–Trinajstić information content (AvgIpc) is 2.73. The quantitative estimate of drug-likeness (QED) is 0.847. The van der Waals surface area contributed by atoms with Crippen LogP contribution in [0.5, 0.6) is 0 Å². The molecule has 0 bridgehead atoms. The van der Waals surface area contributed by atoms with E-state index in [1.165, 1.54) is 0 Å². The van der Waals surface area contributed by atoms with Gasteiger partial charge in [-0.3, -0.25) is 4.68 Å². The number of thiazole rings is 1. The molecule has 2 aromatic rings. The standard InChI is InChI=1S/C10H14N4S/c1-6(2)8-5-15-10(13-8)9-7(11)4-12-14(9)3/h4-6H,11H2,1-3H3. The first-order chi connectivity index (χ1) is 7.09. The van der Waals surface area contributed by atoms with Crippen molar-refractivity contribution in [3.8, 4) is 10.7 Å².